The van der Waals surface area contributed by atoms with E-state index in [9.17, 15) is 14.4 Å². The summed E-state index contributed by atoms with van der Waals surface area (Å²) in [6.45, 7) is 7.74. The van der Waals surface area contributed by atoms with Crippen LogP contribution in [0.4, 0.5) is 0 Å². The molecule has 0 aliphatic carbocycles. The number of nitrogens with one attached hydrogen (secondary N) is 1. The van der Waals surface area contributed by atoms with Gasteiger partial charge in [-0.1, -0.05) is 18.6 Å². The number of fused-ring (bicyclic) bond motifs is 1. The molecule has 1 aromatic rings. The van der Waals surface area contributed by atoms with Crippen molar-refractivity contribution in [2.45, 2.75) is 69.9 Å². The molecule has 3 saturated heterocycles. The number of piperidine rings is 3. The van der Waals surface area contributed by atoms with Crippen LogP contribution in [0.15, 0.2) is 18.2 Å². The number of rotatable bonds is 6. The van der Waals surface area contributed by atoms with Gasteiger partial charge in [0.1, 0.15) is 6.04 Å². The highest BCUT2D eigenvalue weighted by Crippen LogP contribution is 2.33. The number of hydrogen-bond acceptors (Lipinski definition) is 5. The molecule has 7 heteroatoms. The van der Waals surface area contributed by atoms with Crippen LogP contribution < -0.4 is 5.32 Å². The highest BCUT2D eigenvalue weighted by atomic mass is 16.2. The van der Waals surface area contributed by atoms with Crippen molar-refractivity contribution in [1.82, 2.24) is 20.0 Å². The first-order valence-corrected chi connectivity index (χ1v) is 12.8. The number of hydrogen-bond donors (Lipinski definition) is 1. The van der Waals surface area contributed by atoms with Gasteiger partial charge in [0.2, 0.25) is 11.8 Å². The monoisotopic (exact) mass is 452 g/mol. The average molecular weight is 453 g/mol. The molecule has 3 fully saturated rings. The maximum absolute atomic E-state index is 12.9. The van der Waals surface area contributed by atoms with Crippen LogP contribution in [-0.2, 0) is 16.1 Å². The Morgan fingerprint density at radius 1 is 0.879 bits per heavy atom. The number of likely N-dealkylation sites (tertiary alicyclic amines) is 2. The van der Waals surface area contributed by atoms with E-state index in [0.29, 0.717) is 30.9 Å². The van der Waals surface area contributed by atoms with Crippen LogP contribution in [-0.4, -0.2) is 77.7 Å². The molecule has 3 amide bonds. The average Bonchev–Trinajstić information content (AvgIpc) is 3.16. The summed E-state index contributed by atoms with van der Waals surface area (Å²) in [4.78, 5) is 43.5. The van der Waals surface area contributed by atoms with Crippen molar-refractivity contribution in [1.29, 1.82) is 0 Å². The molecule has 1 atom stereocenters. The maximum Gasteiger partial charge on any atom is 0.255 e. The molecule has 1 unspecified atom stereocenters. The summed E-state index contributed by atoms with van der Waals surface area (Å²) < 4.78 is 0. The Morgan fingerprint density at radius 3 is 2.33 bits per heavy atom. The smallest absolute Gasteiger partial charge is 0.255 e. The van der Waals surface area contributed by atoms with Crippen LogP contribution in [0.25, 0.3) is 0 Å². The molecule has 5 rings (SSSR count). The first-order valence-electron chi connectivity index (χ1n) is 12.8. The standard InChI is InChI=1S/C26H36N4O3/c31-24-8-7-23(25(32)27-24)30-18-21-17-20(5-6-22(21)26(30)33)19-9-15-29(16-10-19)14-4-13-28-11-2-1-3-12-28/h5-6,17,19,23H,1-4,7-16,18H2,(H,27,31,32). The van der Waals surface area contributed by atoms with E-state index >= 15 is 0 Å². The zero-order valence-corrected chi connectivity index (χ0v) is 19.6. The van der Waals surface area contributed by atoms with Gasteiger partial charge in [-0.25, -0.2) is 0 Å². The Kier molecular flexibility index (Phi) is 6.79. The van der Waals surface area contributed by atoms with E-state index < -0.39 is 6.04 Å². The Morgan fingerprint density at radius 2 is 1.61 bits per heavy atom. The molecular formula is C26H36N4O3. The second-order valence-electron chi connectivity index (χ2n) is 10.2. The van der Waals surface area contributed by atoms with Crippen LogP contribution in [0.2, 0.25) is 0 Å². The Bertz CT molecular complexity index is 903. The molecule has 0 spiro atoms. The summed E-state index contributed by atoms with van der Waals surface area (Å²) in [7, 11) is 0. The minimum absolute atomic E-state index is 0.0884. The summed E-state index contributed by atoms with van der Waals surface area (Å²) in [5.74, 6) is -0.149. The van der Waals surface area contributed by atoms with E-state index in [1.807, 2.05) is 6.07 Å². The van der Waals surface area contributed by atoms with E-state index in [0.717, 1.165) is 31.5 Å². The molecule has 0 saturated carbocycles. The molecule has 0 aromatic heterocycles. The molecule has 4 aliphatic heterocycles. The lowest BCUT2D eigenvalue weighted by atomic mass is 9.88. The molecule has 0 radical (unpaired) electrons. The summed E-state index contributed by atoms with van der Waals surface area (Å²) in [5.41, 5.74) is 3.05. The first kappa shape index (κ1) is 22.5. The van der Waals surface area contributed by atoms with Gasteiger partial charge in [-0.15, -0.1) is 0 Å². The SMILES string of the molecule is O=C1CCC(N2Cc3cc(C4CCN(CCCN5CCCCC5)CC4)ccc3C2=O)C(=O)N1. The Balaban J connectivity index is 1.13. The van der Waals surface area contributed by atoms with Crippen molar-refractivity contribution < 1.29 is 14.4 Å². The molecule has 7 nitrogen and oxygen atoms in total. The van der Waals surface area contributed by atoms with E-state index in [-0.39, 0.29) is 17.7 Å². The number of benzene rings is 1. The predicted octanol–water partition coefficient (Wildman–Crippen LogP) is 2.50. The van der Waals surface area contributed by atoms with Gasteiger partial charge in [0.15, 0.2) is 0 Å². The largest absolute Gasteiger partial charge is 0.322 e. The van der Waals surface area contributed by atoms with E-state index in [2.05, 4.69) is 27.2 Å². The van der Waals surface area contributed by atoms with Crippen LogP contribution in [0.3, 0.4) is 0 Å². The van der Waals surface area contributed by atoms with Gasteiger partial charge < -0.3 is 14.7 Å². The minimum Gasteiger partial charge on any atom is -0.322 e. The van der Waals surface area contributed by atoms with Crippen LogP contribution in [0.1, 0.15) is 78.8 Å². The van der Waals surface area contributed by atoms with Crippen LogP contribution in [0.5, 0.6) is 0 Å². The minimum atomic E-state index is -0.542. The lowest BCUT2D eigenvalue weighted by molar-refractivity contribution is -0.136. The van der Waals surface area contributed by atoms with Gasteiger partial charge in [0.05, 0.1) is 0 Å². The van der Waals surface area contributed by atoms with Gasteiger partial charge in [0.25, 0.3) is 5.91 Å². The van der Waals surface area contributed by atoms with Crippen LogP contribution >= 0.6 is 0 Å². The van der Waals surface area contributed by atoms with Crippen molar-refractivity contribution in [2.75, 3.05) is 39.3 Å². The van der Waals surface area contributed by atoms with E-state index in [1.54, 1.807) is 4.90 Å². The third-order valence-electron chi connectivity index (χ3n) is 8.00. The number of carbonyl (C=O) groups is 3. The molecular weight excluding hydrogens is 416 g/mol. The van der Waals surface area contributed by atoms with Crippen molar-refractivity contribution >= 4 is 17.7 Å². The zero-order valence-electron chi connectivity index (χ0n) is 19.6. The van der Waals surface area contributed by atoms with Crippen molar-refractivity contribution in [3.05, 3.63) is 34.9 Å². The van der Waals surface area contributed by atoms with Gasteiger partial charge in [-0.2, -0.15) is 0 Å². The summed E-state index contributed by atoms with van der Waals surface area (Å²) in [6, 6.07) is 5.71. The van der Waals surface area contributed by atoms with Crippen molar-refractivity contribution in [3.8, 4) is 0 Å². The lowest BCUT2D eigenvalue weighted by Gasteiger charge is -2.33. The fraction of sp³-hybridized carbons (Fsp3) is 0.654. The molecule has 0 bridgehead atoms. The molecule has 4 aliphatic rings. The number of amides is 3. The number of imide groups is 1. The quantitative estimate of drug-likeness (QED) is 0.672. The fourth-order valence-corrected chi connectivity index (χ4v) is 6.04. The first-order chi connectivity index (χ1) is 16.1. The van der Waals surface area contributed by atoms with E-state index in [4.69, 9.17) is 0 Å². The maximum atomic E-state index is 12.9. The highest BCUT2D eigenvalue weighted by Gasteiger charge is 2.39. The fourth-order valence-electron chi connectivity index (χ4n) is 6.04. The summed E-state index contributed by atoms with van der Waals surface area (Å²) in [6.07, 6.45) is 8.41. The van der Waals surface area contributed by atoms with Gasteiger partial charge in [0, 0.05) is 18.5 Å². The van der Waals surface area contributed by atoms with Crippen LogP contribution in [0, 0.1) is 0 Å². The van der Waals surface area contributed by atoms with Crippen molar-refractivity contribution in [3.63, 3.8) is 0 Å². The lowest BCUT2D eigenvalue weighted by Crippen LogP contribution is -2.52. The molecule has 1 aromatic carbocycles. The molecule has 4 heterocycles. The van der Waals surface area contributed by atoms with Gasteiger partial charge in [-0.05, 0) is 101 Å². The third kappa shape index (κ3) is 4.99. The van der Waals surface area contributed by atoms with Crippen molar-refractivity contribution in [2.24, 2.45) is 0 Å². The Hall–Kier alpha value is -2.25. The zero-order chi connectivity index (χ0) is 22.8. The topological polar surface area (TPSA) is 73.0 Å². The third-order valence-corrected chi connectivity index (χ3v) is 8.00. The van der Waals surface area contributed by atoms with Gasteiger partial charge in [-0.3, -0.25) is 19.7 Å². The molecule has 178 valence electrons. The normalized spacial score (nSPS) is 25.4. The second-order valence-corrected chi connectivity index (χ2v) is 10.2. The predicted molar refractivity (Wildman–Crippen MR) is 126 cm³/mol. The number of nitrogens with zero attached hydrogens (tertiary/aromatic N) is 3. The van der Waals surface area contributed by atoms with E-state index in [1.165, 1.54) is 57.4 Å². The number of carbonyl (C=O) groups excluding carboxylic acids is 3. The Labute approximate surface area is 196 Å². The second kappa shape index (κ2) is 9.94. The molecule has 1 N–H and O–H groups in total. The highest BCUT2D eigenvalue weighted by molar-refractivity contribution is 6.05. The molecule has 33 heavy (non-hydrogen) atoms. The summed E-state index contributed by atoms with van der Waals surface area (Å²) in [5, 5.41) is 2.37. The van der Waals surface area contributed by atoms with Gasteiger partial charge >= 0.3 is 0 Å². The summed E-state index contributed by atoms with van der Waals surface area (Å²) >= 11 is 0.